The Morgan fingerprint density at radius 3 is 1.50 bits per heavy atom. The van der Waals surface area contributed by atoms with E-state index >= 15 is 0 Å². The van der Waals surface area contributed by atoms with Gasteiger partial charge in [0.2, 0.25) is 0 Å². The van der Waals surface area contributed by atoms with E-state index in [0.717, 1.165) is 89.9 Å². The van der Waals surface area contributed by atoms with Crippen LogP contribution in [0.1, 0.15) is 155 Å². The smallest absolute Gasteiger partial charge is 0.472 e. The molecular weight excluding hydrogens is 685 g/mol. The lowest BCUT2D eigenvalue weighted by atomic mass is 10.1. The molecular formula is C40H70NO10P. The molecule has 3 atom stereocenters. The van der Waals surface area contributed by atoms with Crippen LogP contribution in [-0.4, -0.2) is 59.9 Å². The van der Waals surface area contributed by atoms with Crippen molar-refractivity contribution in [1.29, 1.82) is 0 Å². The summed E-state index contributed by atoms with van der Waals surface area (Å²) in [5.74, 6) is -2.42. The predicted molar refractivity (Wildman–Crippen MR) is 208 cm³/mol. The summed E-state index contributed by atoms with van der Waals surface area (Å²) in [5.41, 5.74) is 5.32. The van der Waals surface area contributed by atoms with Gasteiger partial charge in [0.25, 0.3) is 0 Å². The Morgan fingerprint density at radius 1 is 0.596 bits per heavy atom. The molecule has 0 saturated heterocycles. The molecule has 0 heterocycles. The molecule has 0 bridgehead atoms. The Balaban J connectivity index is 4.48. The van der Waals surface area contributed by atoms with Crippen LogP contribution in [0.3, 0.4) is 0 Å². The number of esters is 2. The third-order valence-corrected chi connectivity index (χ3v) is 9.00. The first-order valence-electron chi connectivity index (χ1n) is 19.7. The summed E-state index contributed by atoms with van der Waals surface area (Å²) in [5, 5.41) is 8.86. The fourth-order valence-electron chi connectivity index (χ4n) is 4.86. The SMILES string of the molecule is CCCC/C=C\C/C=C\CCCCCCCC(=O)OCC(COP(=O)(O)OCC(N)C(=O)O)OC(=O)CCCCCCC/C=C\C/C=C\CCCC. The summed E-state index contributed by atoms with van der Waals surface area (Å²) in [6.07, 6.45) is 37.5. The summed E-state index contributed by atoms with van der Waals surface area (Å²) in [6, 6.07) is -1.53. The molecule has 11 nitrogen and oxygen atoms in total. The summed E-state index contributed by atoms with van der Waals surface area (Å²) in [4.78, 5) is 45.8. The minimum atomic E-state index is -4.72. The maximum atomic E-state index is 12.6. The van der Waals surface area contributed by atoms with Gasteiger partial charge in [-0.05, 0) is 64.2 Å². The lowest BCUT2D eigenvalue weighted by Crippen LogP contribution is -2.34. The van der Waals surface area contributed by atoms with Crippen molar-refractivity contribution in [3.63, 3.8) is 0 Å². The second-order valence-electron chi connectivity index (χ2n) is 13.1. The van der Waals surface area contributed by atoms with Crippen LogP contribution in [0, 0.1) is 0 Å². The quantitative estimate of drug-likeness (QED) is 0.0241. The molecule has 0 radical (unpaired) electrons. The normalized spacial score (nSPS) is 14.4. The van der Waals surface area contributed by atoms with Crippen molar-refractivity contribution in [1.82, 2.24) is 0 Å². The minimum absolute atomic E-state index is 0.140. The van der Waals surface area contributed by atoms with Gasteiger partial charge >= 0.3 is 25.7 Å². The average molecular weight is 756 g/mol. The fraction of sp³-hybridized carbons (Fsp3) is 0.725. The zero-order valence-corrected chi connectivity index (χ0v) is 33.0. The highest BCUT2D eigenvalue weighted by Gasteiger charge is 2.28. The highest BCUT2D eigenvalue weighted by molar-refractivity contribution is 7.47. The Labute approximate surface area is 314 Å². The van der Waals surface area contributed by atoms with E-state index in [-0.39, 0.29) is 19.4 Å². The van der Waals surface area contributed by atoms with E-state index in [2.05, 4.69) is 67.0 Å². The van der Waals surface area contributed by atoms with Crippen molar-refractivity contribution in [2.45, 2.75) is 167 Å². The highest BCUT2D eigenvalue weighted by Crippen LogP contribution is 2.43. The highest BCUT2D eigenvalue weighted by atomic mass is 31.2. The van der Waals surface area contributed by atoms with Crippen molar-refractivity contribution < 1.29 is 47.5 Å². The van der Waals surface area contributed by atoms with E-state index < -0.39 is 51.1 Å². The van der Waals surface area contributed by atoms with Crippen molar-refractivity contribution in [2.24, 2.45) is 5.73 Å². The van der Waals surface area contributed by atoms with E-state index in [1.54, 1.807) is 0 Å². The number of hydrogen-bond acceptors (Lipinski definition) is 9. The van der Waals surface area contributed by atoms with Gasteiger partial charge in [-0.1, -0.05) is 127 Å². The molecule has 300 valence electrons. The Kier molecular flexibility index (Phi) is 33.7. The van der Waals surface area contributed by atoms with Crippen molar-refractivity contribution >= 4 is 25.7 Å². The number of nitrogens with two attached hydrogens (primary N) is 1. The summed E-state index contributed by atoms with van der Waals surface area (Å²) < 4.78 is 32.6. The average Bonchev–Trinajstić information content (AvgIpc) is 3.12. The largest absolute Gasteiger partial charge is 0.480 e. The van der Waals surface area contributed by atoms with Gasteiger partial charge in [-0.15, -0.1) is 0 Å². The molecule has 12 heteroatoms. The Hall–Kier alpha value is -2.56. The topological polar surface area (TPSA) is 172 Å². The molecule has 0 aromatic carbocycles. The molecule has 0 fully saturated rings. The predicted octanol–water partition coefficient (Wildman–Crippen LogP) is 9.83. The number of phosphoric ester groups is 1. The van der Waals surface area contributed by atoms with Gasteiger partial charge in [0.05, 0.1) is 13.2 Å². The first-order chi connectivity index (χ1) is 25.1. The molecule has 0 aliphatic heterocycles. The van der Waals surface area contributed by atoms with E-state index in [1.165, 1.54) is 25.7 Å². The zero-order valence-electron chi connectivity index (χ0n) is 32.1. The van der Waals surface area contributed by atoms with E-state index in [9.17, 15) is 23.8 Å². The molecule has 0 amide bonds. The van der Waals surface area contributed by atoms with Crippen LogP contribution in [0.25, 0.3) is 0 Å². The van der Waals surface area contributed by atoms with E-state index in [0.29, 0.717) is 12.8 Å². The molecule has 0 saturated carbocycles. The first-order valence-corrected chi connectivity index (χ1v) is 21.2. The van der Waals surface area contributed by atoms with Crippen LogP contribution in [0.5, 0.6) is 0 Å². The van der Waals surface area contributed by atoms with Gasteiger partial charge in [-0.3, -0.25) is 23.4 Å². The number of ether oxygens (including phenoxy) is 2. The maximum absolute atomic E-state index is 12.6. The lowest BCUT2D eigenvalue weighted by molar-refractivity contribution is -0.161. The number of phosphoric acid groups is 1. The van der Waals surface area contributed by atoms with E-state index in [4.69, 9.17) is 24.8 Å². The van der Waals surface area contributed by atoms with E-state index in [1.807, 2.05) is 0 Å². The van der Waals surface area contributed by atoms with Gasteiger partial charge in [0, 0.05) is 12.8 Å². The monoisotopic (exact) mass is 755 g/mol. The molecule has 0 rings (SSSR count). The van der Waals surface area contributed by atoms with Crippen LogP contribution < -0.4 is 5.73 Å². The molecule has 3 unspecified atom stereocenters. The first kappa shape index (κ1) is 49.4. The molecule has 4 N–H and O–H groups in total. The maximum Gasteiger partial charge on any atom is 0.472 e. The van der Waals surface area contributed by atoms with Crippen LogP contribution in [0.15, 0.2) is 48.6 Å². The van der Waals surface area contributed by atoms with Gasteiger partial charge in [-0.2, -0.15) is 0 Å². The Bertz CT molecular complexity index is 1070. The van der Waals surface area contributed by atoms with Crippen LogP contribution in [-0.2, 0) is 37.5 Å². The molecule has 0 aromatic rings. The number of rotatable bonds is 36. The molecule has 0 aliphatic carbocycles. The third-order valence-electron chi connectivity index (χ3n) is 8.05. The summed E-state index contributed by atoms with van der Waals surface area (Å²) in [6.45, 7) is 2.67. The number of carboxylic acid groups (broad SMARTS) is 1. The molecule has 0 aliphatic rings. The fourth-order valence-corrected chi connectivity index (χ4v) is 5.64. The van der Waals surface area contributed by atoms with Crippen LogP contribution in [0.4, 0.5) is 0 Å². The van der Waals surface area contributed by atoms with Crippen LogP contribution >= 0.6 is 7.82 Å². The number of carboxylic acids is 1. The van der Waals surface area contributed by atoms with Gasteiger partial charge < -0.3 is 25.2 Å². The van der Waals surface area contributed by atoms with Crippen LogP contribution in [0.2, 0.25) is 0 Å². The zero-order chi connectivity index (χ0) is 38.5. The number of allylic oxidation sites excluding steroid dienone is 8. The lowest BCUT2D eigenvalue weighted by Gasteiger charge is -2.20. The van der Waals surface area contributed by atoms with Crippen molar-refractivity contribution in [3.05, 3.63) is 48.6 Å². The molecule has 52 heavy (non-hydrogen) atoms. The standard InChI is InChI=1S/C40H70NO10P/c1-3-5-7-9-11-13-15-17-19-21-23-25-27-29-31-38(42)48-33-36(34-49-52(46,47)50-35-37(41)40(44)45)51-39(43)32-30-28-26-24-22-20-18-16-14-12-10-8-6-4-2/h9-12,15-18,36-37H,3-8,13-14,19-35,41H2,1-2H3,(H,44,45)(H,46,47)/b11-9-,12-10-,17-15-,18-16-. The van der Waals surface area contributed by atoms with Gasteiger partial charge in [0.15, 0.2) is 6.10 Å². The number of aliphatic carboxylic acids is 1. The number of carbonyl (C=O) groups excluding carboxylic acids is 2. The van der Waals surface area contributed by atoms with Gasteiger partial charge in [0.1, 0.15) is 12.6 Å². The number of unbranched alkanes of at least 4 members (excludes halogenated alkanes) is 14. The molecule has 0 aromatic heterocycles. The van der Waals surface area contributed by atoms with Crippen molar-refractivity contribution in [2.75, 3.05) is 19.8 Å². The Morgan fingerprint density at radius 2 is 1.02 bits per heavy atom. The number of carbonyl (C=O) groups is 3. The summed E-state index contributed by atoms with van der Waals surface area (Å²) >= 11 is 0. The van der Waals surface area contributed by atoms with Crippen molar-refractivity contribution in [3.8, 4) is 0 Å². The second kappa shape index (κ2) is 35.5. The molecule has 0 spiro atoms. The van der Waals surface area contributed by atoms with Gasteiger partial charge in [-0.25, -0.2) is 4.57 Å². The second-order valence-corrected chi connectivity index (χ2v) is 14.5. The minimum Gasteiger partial charge on any atom is -0.480 e. The third kappa shape index (κ3) is 34.5. The number of hydrogen-bond donors (Lipinski definition) is 3. The summed E-state index contributed by atoms with van der Waals surface area (Å²) in [7, 11) is -4.72.